The molecule has 0 radical (unpaired) electrons. The van der Waals surface area contributed by atoms with Crippen LogP contribution in [0.3, 0.4) is 0 Å². The maximum absolute atomic E-state index is 12.2. The van der Waals surface area contributed by atoms with E-state index in [-0.39, 0.29) is 16.8 Å². The summed E-state index contributed by atoms with van der Waals surface area (Å²) in [5.41, 5.74) is 1.02. The van der Waals surface area contributed by atoms with Gasteiger partial charge in [0.25, 0.3) is 11.6 Å². The molecule has 0 unspecified atom stereocenters. The van der Waals surface area contributed by atoms with E-state index in [0.717, 1.165) is 5.56 Å². The summed E-state index contributed by atoms with van der Waals surface area (Å²) >= 11 is 0. The van der Waals surface area contributed by atoms with Crippen molar-refractivity contribution in [3.8, 4) is 11.5 Å². The summed E-state index contributed by atoms with van der Waals surface area (Å²) in [5, 5.41) is 13.7. The van der Waals surface area contributed by atoms with Crippen molar-refractivity contribution < 1.29 is 28.7 Å². The molecule has 2 aromatic carbocycles. The average molecular weight is 430 g/mol. The van der Waals surface area contributed by atoms with E-state index in [1.54, 1.807) is 0 Å². The van der Waals surface area contributed by atoms with Gasteiger partial charge in [-0.15, -0.1) is 0 Å². The molecule has 1 amide bonds. The van der Waals surface area contributed by atoms with Crippen molar-refractivity contribution in [3.05, 3.63) is 63.2 Å². The summed E-state index contributed by atoms with van der Waals surface area (Å²) in [6.45, 7) is 6.15. The van der Waals surface area contributed by atoms with Gasteiger partial charge in [0.1, 0.15) is 0 Å². The molecule has 2 rings (SSSR count). The number of ether oxygens (including phenoxy) is 3. The summed E-state index contributed by atoms with van der Waals surface area (Å²) in [4.78, 5) is 34.6. The minimum absolute atomic E-state index is 0.0554. The van der Waals surface area contributed by atoms with Crippen LogP contribution in [0.15, 0.2) is 36.4 Å². The van der Waals surface area contributed by atoms with E-state index in [9.17, 15) is 19.7 Å². The van der Waals surface area contributed by atoms with Crippen LogP contribution in [0.2, 0.25) is 0 Å². The van der Waals surface area contributed by atoms with Crippen molar-refractivity contribution in [1.82, 2.24) is 5.32 Å². The number of hydrogen-bond donors (Lipinski definition) is 1. The molecule has 0 aromatic heterocycles. The third kappa shape index (κ3) is 6.70. The quantitative estimate of drug-likeness (QED) is 0.330. The Morgan fingerprint density at radius 1 is 1.06 bits per heavy atom. The Hall–Kier alpha value is -3.62. The van der Waals surface area contributed by atoms with Gasteiger partial charge in [0, 0.05) is 18.2 Å². The third-order valence-electron chi connectivity index (χ3n) is 4.40. The fraction of sp³-hybridized carbons (Fsp3) is 0.364. The standard InChI is InChI=1S/C22H26N2O7/c1-4-29-19-10-9-16(13-20(19)30-5-2)11-12-23-21(25)14-31-22(26)17-7-6-8-18(15(17)3)24(27)28/h6-10,13H,4-5,11-12,14H2,1-3H3,(H,23,25). The molecule has 0 saturated carbocycles. The zero-order valence-electron chi connectivity index (χ0n) is 17.8. The summed E-state index contributed by atoms with van der Waals surface area (Å²) in [6, 6.07) is 9.71. The number of nitro groups is 1. The van der Waals surface area contributed by atoms with Gasteiger partial charge in [-0.2, -0.15) is 0 Å². The van der Waals surface area contributed by atoms with Crippen LogP contribution in [0.5, 0.6) is 11.5 Å². The lowest BCUT2D eigenvalue weighted by atomic mass is 10.1. The predicted molar refractivity (Wildman–Crippen MR) is 114 cm³/mol. The van der Waals surface area contributed by atoms with Crippen molar-refractivity contribution in [2.24, 2.45) is 0 Å². The number of nitrogens with one attached hydrogen (secondary N) is 1. The van der Waals surface area contributed by atoms with E-state index in [1.165, 1.54) is 25.1 Å². The first-order chi connectivity index (χ1) is 14.9. The molecule has 0 saturated heterocycles. The number of nitrogens with zero attached hydrogens (tertiary/aromatic N) is 1. The molecule has 166 valence electrons. The largest absolute Gasteiger partial charge is 0.490 e. The molecule has 0 aliphatic heterocycles. The Morgan fingerprint density at radius 3 is 2.45 bits per heavy atom. The number of carbonyl (C=O) groups is 2. The molecule has 9 nitrogen and oxygen atoms in total. The van der Waals surface area contributed by atoms with Crippen LogP contribution in [0, 0.1) is 17.0 Å². The number of nitro benzene ring substituents is 1. The van der Waals surface area contributed by atoms with E-state index in [0.29, 0.717) is 37.7 Å². The molecule has 0 aliphatic rings. The SMILES string of the molecule is CCOc1ccc(CCNC(=O)COC(=O)c2cccc([N+](=O)[O-])c2C)cc1OCC. The molecule has 1 N–H and O–H groups in total. The highest BCUT2D eigenvalue weighted by Crippen LogP contribution is 2.28. The molecule has 0 spiro atoms. The molecule has 0 aliphatic carbocycles. The van der Waals surface area contributed by atoms with Crippen LogP contribution in [-0.2, 0) is 16.0 Å². The van der Waals surface area contributed by atoms with Crippen LogP contribution >= 0.6 is 0 Å². The van der Waals surface area contributed by atoms with Crippen LogP contribution < -0.4 is 14.8 Å². The second-order valence-corrected chi connectivity index (χ2v) is 6.53. The zero-order valence-corrected chi connectivity index (χ0v) is 17.8. The zero-order chi connectivity index (χ0) is 22.8. The first-order valence-electron chi connectivity index (χ1n) is 9.93. The van der Waals surface area contributed by atoms with E-state index in [4.69, 9.17) is 14.2 Å². The fourth-order valence-electron chi connectivity index (χ4n) is 2.90. The van der Waals surface area contributed by atoms with Gasteiger partial charge in [-0.3, -0.25) is 14.9 Å². The number of carbonyl (C=O) groups excluding carboxylic acids is 2. The highest BCUT2D eigenvalue weighted by atomic mass is 16.6. The molecule has 0 heterocycles. The Balaban J connectivity index is 1.85. The van der Waals surface area contributed by atoms with Crippen molar-refractivity contribution in [1.29, 1.82) is 0 Å². The summed E-state index contributed by atoms with van der Waals surface area (Å²) in [5.74, 6) is 0.0616. The second kappa shape index (κ2) is 11.5. The average Bonchev–Trinajstić information content (AvgIpc) is 2.74. The lowest BCUT2D eigenvalue weighted by Gasteiger charge is -2.13. The minimum atomic E-state index is -0.788. The van der Waals surface area contributed by atoms with Gasteiger partial charge in [0.05, 0.1) is 23.7 Å². The topological polar surface area (TPSA) is 117 Å². The Morgan fingerprint density at radius 2 is 1.77 bits per heavy atom. The molecule has 0 atom stereocenters. The van der Waals surface area contributed by atoms with Crippen LogP contribution in [0.25, 0.3) is 0 Å². The number of hydrogen-bond acceptors (Lipinski definition) is 7. The highest BCUT2D eigenvalue weighted by molar-refractivity contribution is 5.93. The van der Waals surface area contributed by atoms with Gasteiger partial charge >= 0.3 is 5.97 Å². The van der Waals surface area contributed by atoms with E-state index in [1.807, 2.05) is 32.0 Å². The first kappa shape index (κ1) is 23.7. The molecule has 31 heavy (non-hydrogen) atoms. The fourth-order valence-corrected chi connectivity index (χ4v) is 2.90. The van der Waals surface area contributed by atoms with Crippen molar-refractivity contribution in [3.63, 3.8) is 0 Å². The van der Waals surface area contributed by atoms with E-state index >= 15 is 0 Å². The Kier molecular flexibility index (Phi) is 8.80. The first-order valence-corrected chi connectivity index (χ1v) is 9.93. The number of esters is 1. The van der Waals surface area contributed by atoms with Crippen LogP contribution in [-0.4, -0.2) is 43.2 Å². The monoisotopic (exact) mass is 430 g/mol. The van der Waals surface area contributed by atoms with Crippen LogP contribution in [0.4, 0.5) is 5.69 Å². The molecule has 0 bridgehead atoms. The molecular formula is C22H26N2O7. The van der Waals surface area contributed by atoms with Gasteiger partial charge in [0.15, 0.2) is 18.1 Å². The summed E-state index contributed by atoms with van der Waals surface area (Å²) < 4.78 is 16.1. The summed E-state index contributed by atoms with van der Waals surface area (Å²) in [7, 11) is 0. The smallest absolute Gasteiger partial charge is 0.339 e. The number of benzene rings is 2. The molecular weight excluding hydrogens is 404 g/mol. The van der Waals surface area contributed by atoms with Gasteiger partial charge in [0.2, 0.25) is 0 Å². The van der Waals surface area contributed by atoms with Crippen molar-refractivity contribution in [2.75, 3.05) is 26.4 Å². The maximum Gasteiger partial charge on any atom is 0.339 e. The van der Waals surface area contributed by atoms with E-state index < -0.39 is 23.4 Å². The van der Waals surface area contributed by atoms with Gasteiger partial charge in [-0.1, -0.05) is 12.1 Å². The van der Waals surface area contributed by atoms with Crippen molar-refractivity contribution in [2.45, 2.75) is 27.2 Å². The lowest BCUT2D eigenvalue weighted by molar-refractivity contribution is -0.385. The summed E-state index contributed by atoms with van der Waals surface area (Å²) in [6.07, 6.45) is 0.552. The Labute approximate surface area is 180 Å². The molecule has 2 aromatic rings. The number of amides is 1. The van der Waals surface area contributed by atoms with Gasteiger partial charge < -0.3 is 19.5 Å². The minimum Gasteiger partial charge on any atom is -0.490 e. The second-order valence-electron chi connectivity index (χ2n) is 6.53. The predicted octanol–water partition coefficient (Wildman–Crippen LogP) is 3.22. The maximum atomic E-state index is 12.2. The molecule has 9 heteroatoms. The highest BCUT2D eigenvalue weighted by Gasteiger charge is 2.19. The van der Waals surface area contributed by atoms with Gasteiger partial charge in [-0.05, 0) is 51.0 Å². The Bertz CT molecular complexity index is 943. The van der Waals surface area contributed by atoms with E-state index in [2.05, 4.69) is 5.32 Å². The lowest BCUT2D eigenvalue weighted by Crippen LogP contribution is -2.30. The normalized spacial score (nSPS) is 10.3. The molecule has 0 fully saturated rings. The third-order valence-corrected chi connectivity index (χ3v) is 4.40. The van der Waals surface area contributed by atoms with Gasteiger partial charge in [-0.25, -0.2) is 4.79 Å². The van der Waals surface area contributed by atoms with Crippen molar-refractivity contribution >= 4 is 17.6 Å². The number of rotatable bonds is 11. The van der Waals surface area contributed by atoms with Crippen LogP contribution in [0.1, 0.15) is 35.3 Å².